The van der Waals surface area contributed by atoms with Gasteiger partial charge < -0.3 is 5.32 Å². The lowest BCUT2D eigenvalue weighted by atomic mass is 10.0. The van der Waals surface area contributed by atoms with Crippen molar-refractivity contribution < 1.29 is 4.21 Å². The van der Waals surface area contributed by atoms with Gasteiger partial charge >= 0.3 is 0 Å². The molecule has 1 fully saturated rings. The molecule has 1 aromatic carbocycles. The Hall–Kier alpha value is -0.670. The second kappa shape index (κ2) is 6.19. The van der Waals surface area contributed by atoms with Gasteiger partial charge in [-0.15, -0.1) is 0 Å². The molecule has 1 aliphatic carbocycles. The van der Waals surface area contributed by atoms with Gasteiger partial charge in [0, 0.05) is 16.2 Å². The fraction of sp³-hybridized carbons (Fsp3) is 0.625. The minimum atomic E-state index is -0.873. The summed E-state index contributed by atoms with van der Waals surface area (Å²) < 4.78 is 12.7. The Labute approximate surface area is 119 Å². The molecule has 0 aliphatic heterocycles. The predicted octanol–water partition coefficient (Wildman–Crippen LogP) is 3.30. The highest BCUT2D eigenvalue weighted by Crippen LogP contribution is 2.32. The summed E-state index contributed by atoms with van der Waals surface area (Å²) in [5, 5.41) is 3.63. The van der Waals surface area contributed by atoms with E-state index in [0.717, 1.165) is 17.7 Å². The minimum absolute atomic E-state index is 0.294. The molecule has 2 nitrogen and oxygen atoms in total. The Bertz CT molecular complexity index is 441. The fourth-order valence-electron chi connectivity index (χ4n) is 3.00. The van der Waals surface area contributed by atoms with E-state index < -0.39 is 10.8 Å². The maximum Gasteiger partial charge on any atom is 0.0564 e. The normalized spacial score (nSPS) is 28.8. The summed E-state index contributed by atoms with van der Waals surface area (Å²) in [6, 6.07) is 8.85. The second-order valence-corrected chi connectivity index (χ2v) is 7.56. The number of rotatable bonds is 4. The van der Waals surface area contributed by atoms with Crippen LogP contribution >= 0.6 is 0 Å². The van der Waals surface area contributed by atoms with Gasteiger partial charge in [-0.25, -0.2) is 0 Å². The van der Waals surface area contributed by atoms with Crippen LogP contribution in [-0.4, -0.2) is 22.5 Å². The molecule has 0 radical (unpaired) electrons. The lowest BCUT2D eigenvalue weighted by molar-refractivity contribution is 0.460. The summed E-state index contributed by atoms with van der Waals surface area (Å²) in [7, 11) is 1.13. The molecule has 1 N–H and O–H groups in total. The van der Waals surface area contributed by atoms with Crippen LogP contribution in [0.3, 0.4) is 0 Å². The molecule has 106 valence electrons. The molecule has 1 saturated carbocycles. The van der Waals surface area contributed by atoms with E-state index >= 15 is 0 Å². The highest BCUT2D eigenvalue weighted by molar-refractivity contribution is 7.85. The van der Waals surface area contributed by atoms with Crippen LogP contribution in [0.25, 0.3) is 0 Å². The van der Waals surface area contributed by atoms with Crippen molar-refractivity contribution in [1.82, 2.24) is 5.32 Å². The Morgan fingerprint density at radius 2 is 1.84 bits per heavy atom. The molecule has 0 saturated heterocycles. The Balaban J connectivity index is 2.12. The highest BCUT2D eigenvalue weighted by Gasteiger charge is 2.36. The lowest BCUT2D eigenvalue weighted by Crippen LogP contribution is -2.32. The van der Waals surface area contributed by atoms with Crippen molar-refractivity contribution in [2.75, 3.05) is 7.05 Å². The molecule has 0 amide bonds. The first-order chi connectivity index (χ1) is 9.04. The minimum Gasteiger partial charge on any atom is -0.317 e. The molecule has 0 spiro atoms. The standard InChI is InChI=1S/C16H25NOS/c1-11(2)13-5-7-14(8-6-13)19(18)16-10-9-15(17-4)12(16)3/h5-8,11-12,15-17H,9-10H2,1-4H3. The fourth-order valence-corrected chi connectivity index (χ4v) is 4.68. The first-order valence-corrected chi connectivity index (χ1v) is 8.43. The Morgan fingerprint density at radius 3 is 2.32 bits per heavy atom. The molecule has 3 heteroatoms. The van der Waals surface area contributed by atoms with Gasteiger partial charge in [0.1, 0.15) is 0 Å². The zero-order valence-electron chi connectivity index (χ0n) is 12.3. The second-order valence-electron chi connectivity index (χ2n) is 5.89. The average molecular weight is 279 g/mol. The van der Waals surface area contributed by atoms with Crippen LogP contribution in [-0.2, 0) is 10.8 Å². The van der Waals surface area contributed by atoms with Crippen LogP contribution in [0.2, 0.25) is 0 Å². The van der Waals surface area contributed by atoms with Gasteiger partial charge in [-0.2, -0.15) is 0 Å². The Kier molecular flexibility index (Phi) is 4.80. The molecule has 1 aromatic rings. The van der Waals surface area contributed by atoms with Crippen molar-refractivity contribution in [3.05, 3.63) is 29.8 Å². The summed E-state index contributed by atoms with van der Waals surface area (Å²) in [6.07, 6.45) is 2.20. The Morgan fingerprint density at radius 1 is 1.21 bits per heavy atom. The van der Waals surface area contributed by atoms with E-state index in [1.54, 1.807) is 0 Å². The maximum absolute atomic E-state index is 12.7. The van der Waals surface area contributed by atoms with Gasteiger partial charge in [0.2, 0.25) is 0 Å². The van der Waals surface area contributed by atoms with Crippen molar-refractivity contribution in [3.63, 3.8) is 0 Å². The molecular formula is C16H25NOS. The number of nitrogens with one attached hydrogen (secondary N) is 1. The van der Waals surface area contributed by atoms with Crippen LogP contribution < -0.4 is 5.32 Å². The van der Waals surface area contributed by atoms with Gasteiger partial charge in [-0.1, -0.05) is 32.9 Å². The SMILES string of the molecule is CNC1CCC(S(=O)c2ccc(C(C)C)cc2)C1C. The van der Waals surface area contributed by atoms with Crippen molar-refractivity contribution in [3.8, 4) is 0 Å². The monoisotopic (exact) mass is 279 g/mol. The molecule has 4 unspecified atom stereocenters. The summed E-state index contributed by atoms with van der Waals surface area (Å²) in [4.78, 5) is 0.984. The summed E-state index contributed by atoms with van der Waals surface area (Å²) >= 11 is 0. The van der Waals surface area contributed by atoms with E-state index in [2.05, 4.69) is 38.2 Å². The summed E-state index contributed by atoms with van der Waals surface area (Å²) in [6.45, 7) is 6.59. The molecule has 0 bridgehead atoms. The van der Waals surface area contributed by atoms with Gasteiger partial charge in [-0.3, -0.25) is 4.21 Å². The molecule has 0 aromatic heterocycles. The summed E-state index contributed by atoms with van der Waals surface area (Å²) in [5.74, 6) is 1.01. The van der Waals surface area contributed by atoms with Crippen molar-refractivity contribution in [2.24, 2.45) is 5.92 Å². The molecular weight excluding hydrogens is 254 g/mol. The van der Waals surface area contributed by atoms with E-state index in [1.807, 2.05) is 19.2 Å². The van der Waals surface area contributed by atoms with Crippen LogP contribution in [0.15, 0.2) is 29.2 Å². The van der Waals surface area contributed by atoms with E-state index in [1.165, 1.54) is 5.56 Å². The van der Waals surface area contributed by atoms with Gasteiger partial charge in [-0.05, 0) is 49.4 Å². The molecule has 2 rings (SSSR count). The van der Waals surface area contributed by atoms with E-state index in [0.29, 0.717) is 23.1 Å². The molecule has 0 heterocycles. The van der Waals surface area contributed by atoms with Crippen molar-refractivity contribution in [1.29, 1.82) is 0 Å². The third kappa shape index (κ3) is 3.09. The van der Waals surface area contributed by atoms with E-state index in [4.69, 9.17) is 0 Å². The number of hydrogen-bond donors (Lipinski definition) is 1. The quantitative estimate of drug-likeness (QED) is 0.916. The van der Waals surface area contributed by atoms with Crippen LogP contribution in [0, 0.1) is 5.92 Å². The largest absolute Gasteiger partial charge is 0.317 e. The number of benzene rings is 1. The topological polar surface area (TPSA) is 29.1 Å². The number of hydrogen-bond acceptors (Lipinski definition) is 2. The highest BCUT2D eigenvalue weighted by atomic mass is 32.2. The van der Waals surface area contributed by atoms with Crippen LogP contribution in [0.1, 0.15) is 45.1 Å². The zero-order chi connectivity index (χ0) is 14.0. The lowest BCUT2D eigenvalue weighted by Gasteiger charge is -2.20. The smallest absolute Gasteiger partial charge is 0.0564 e. The summed E-state index contributed by atoms with van der Waals surface area (Å²) in [5.41, 5.74) is 1.31. The van der Waals surface area contributed by atoms with Gasteiger partial charge in [0.05, 0.1) is 10.8 Å². The van der Waals surface area contributed by atoms with Crippen LogP contribution in [0.4, 0.5) is 0 Å². The first kappa shape index (κ1) is 14.7. The third-order valence-electron chi connectivity index (χ3n) is 4.41. The predicted molar refractivity (Wildman–Crippen MR) is 82.0 cm³/mol. The first-order valence-electron chi connectivity index (χ1n) is 7.22. The van der Waals surface area contributed by atoms with Crippen molar-refractivity contribution in [2.45, 2.75) is 55.7 Å². The zero-order valence-corrected chi connectivity index (χ0v) is 13.2. The molecule has 4 atom stereocenters. The van der Waals surface area contributed by atoms with Gasteiger partial charge in [0.15, 0.2) is 0 Å². The molecule has 19 heavy (non-hydrogen) atoms. The van der Waals surface area contributed by atoms with Crippen molar-refractivity contribution >= 4 is 10.8 Å². The van der Waals surface area contributed by atoms with Gasteiger partial charge in [0.25, 0.3) is 0 Å². The van der Waals surface area contributed by atoms with E-state index in [9.17, 15) is 4.21 Å². The molecule has 1 aliphatic rings. The average Bonchev–Trinajstić information content (AvgIpc) is 2.79. The van der Waals surface area contributed by atoms with Crippen LogP contribution in [0.5, 0.6) is 0 Å². The van der Waals surface area contributed by atoms with E-state index in [-0.39, 0.29) is 0 Å². The maximum atomic E-state index is 12.7. The third-order valence-corrected chi connectivity index (χ3v) is 6.36.